The molecule has 0 saturated heterocycles. The van der Waals surface area contributed by atoms with Crippen LogP contribution < -0.4 is 10.6 Å². The Morgan fingerprint density at radius 3 is 1.53 bits per heavy atom. The zero-order valence-corrected chi connectivity index (χ0v) is 16.0. The van der Waals surface area contributed by atoms with Gasteiger partial charge in [-0.1, -0.05) is 30.7 Å². The van der Waals surface area contributed by atoms with Gasteiger partial charge in [0.15, 0.2) is 0 Å². The molecule has 0 heterocycles. The molecule has 156 valence electrons. The van der Waals surface area contributed by atoms with Crippen molar-refractivity contribution >= 4 is 23.2 Å². The van der Waals surface area contributed by atoms with Crippen molar-refractivity contribution in [2.24, 2.45) is 0 Å². The number of carbonyl (C=O) groups is 2. The van der Waals surface area contributed by atoms with Crippen LogP contribution >= 0.6 is 0 Å². The lowest BCUT2D eigenvalue weighted by molar-refractivity contribution is -0.385. The highest BCUT2D eigenvalue weighted by molar-refractivity contribution is 6.01. The van der Waals surface area contributed by atoms with Gasteiger partial charge in [0, 0.05) is 12.1 Å². The zero-order valence-electron chi connectivity index (χ0n) is 16.0. The number of para-hydroxylation sites is 2. The van der Waals surface area contributed by atoms with Crippen molar-refractivity contribution in [3.63, 3.8) is 0 Å². The monoisotopic (exact) mass is 412 g/mol. The van der Waals surface area contributed by atoms with E-state index in [-0.39, 0.29) is 22.5 Å². The summed E-state index contributed by atoms with van der Waals surface area (Å²) in [4.78, 5) is 46.9. The molecule has 0 radical (unpaired) electrons. The van der Waals surface area contributed by atoms with Gasteiger partial charge in [-0.05, 0) is 37.8 Å². The Hall–Kier alpha value is -3.82. The zero-order chi connectivity index (χ0) is 21.7. The summed E-state index contributed by atoms with van der Waals surface area (Å²) in [6.45, 7) is 0. The molecule has 10 heteroatoms. The van der Waals surface area contributed by atoms with Gasteiger partial charge in [-0.15, -0.1) is 0 Å². The number of amides is 2. The molecular formula is C20H20N4O6. The first-order chi connectivity index (χ1) is 14.3. The number of hydrogen-bond acceptors (Lipinski definition) is 6. The predicted octanol–water partition coefficient (Wildman–Crippen LogP) is 3.32. The minimum atomic E-state index is -1.15. The van der Waals surface area contributed by atoms with E-state index >= 15 is 0 Å². The highest BCUT2D eigenvalue weighted by atomic mass is 16.6. The Kier molecular flexibility index (Phi) is 6.05. The summed E-state index contributed by atoms with van der Waals surface area (Å²) in [7, 11) is 0. The second-order valence-electron chi connectivity index (χ2n) is 7.10. The molecule has 2 aromatic carbocycles. The van der Waals surface area contributed by atoms with E-state index in [0.29, 0.717) is 25.7 Å². The first-order valence-electron chi connectivity index (χ1n) is 9.45. The summed E-state index contributed by atoms with van der Waals surface area (Å²) >= 11 is 0. The van der Waals surface area contributed by atoms with E-state index in [4.69, 9.17) is 0 Å². The molecule has 1 saturated carbocycles. The van der Waals surface area contributed by atoms with E-state index in [1.807, 2.05) is 0 Å². The van der Waals surface area contributed by atoms with Gasteiger partial charge < -0.3 is 10.6 Å². The summed E-state index contributed by atoms with van der Waals surface area (Å²) < 4.78 is 0. The number of nitrogens with one attached hydrogen (secondary N) is 2. The maximum absolute atomic E-state index is 12.9. The number of rotatable bonds is 6. The quantitative estimate of drug-likeness (QED) is 0.423. The van der Waals surface area contributed by atoms with Gasteiger partial charge in [0.25, 0.3) is 23.2 Å². The molecule has 0 spiro atoms. The van der Waals surface area contributed by atoms with Crippen LogP contribution in [0.25, 0.3) is 0 Å². The van der Waals surface area contributed by atoms with Crippen LogP contribution in [0.4, 0.5) is 11.4 Å². The molecule has 0 unspecified atom stereocenters. The molecular weight excluding hydrogens is 392 g/mol. The van der Waals surface area contributed by atoms with Crippen molar-refractivity contribution in [2.45, 2.75) is 37.8 Å². The molecule has 0 aromatic heterocycles. The molecule has 0 atom stereocenters. The average Bonchev–Trinajstić information content (AvgIpc) is 2.74. The Labute approximate surface area is 171 Å². The molecule has 3 rings (SSSR count). The van der Waals surface area contributed by atoms with Gasteiger partial charge in [-0.25, -0.2) is 0 Å². The third-order valence-electron chi connectivity index (χ3n) is 5.10. The first kappa shape index (κ1) is 20.9. The molecule has 2 amide bonds. The Morgan fingerprint density at radius 2 is 1.13 bits per heavy atom. The second-order valence-corrected chi connectivity index (χ2v) is 7.10. The minimum Gasteiger partial charge on any atom is -0.329 e. The molecule has 1 fully saturated rings. The van der Waals surface area contributed by atoms with E-state index in [1.165, 1.54) is 48.5 Å². The number of hydrogen-bond donors (Lipinski definition) is 2. The van der Waals surface area contributed by atoms with Crippen molar-refractivity contribution in [3.8, 4) is 0 Å². The van der Waals surface area contributed by atoms with Gasteiger partial charge in [0.05, 0.1) is 9.85 Å². The Balaban J connectivity index is 1.89. The van der Waals surface area contributed by atoms with E-state index in [1.54, 1.807) is 0 Å². The number of nitro benzene ring substituents is 2. The molecule has 0 aliphatic heterocycles. The fourth-order valence-electron chi connectivity index (χ4n) is 3.66. The smallest absolute Gasteiger partial charge is 0.282 e. The number of nitrogens with zero attached hydrogens (tertiary/aromatic N) is 2. The maximum atomic E-state index is 12.9. The van der Waals surface area contributed by atoms with Gasteiger partial charge in [-0.2, -0.15) is 0 Å². The molecule has 0 bridgehead atoms. The van der Waals surface area contributed by atoms with Crippen LogP contribution in [-0.2, 0) is 0 Å². The highest BCUT2D eigenvalue weighted by Gasteiger charge is 2.37. The fraction of sp³-hybridized carbons (Fsp3) is 0.300. The molecule has 1 aliphatic carbocycles. The molecule has 2 N–H and O–H groups in total. The normalized spacial score (nSPS) is 15.1. The lowest BCUT2D eigenvalue weighted by atomic mass is 9.88. The highest BCUT2D eigenvalue weighted by Crippen LogP contribution is 2.29. The van der Waals surface area contributed by atoms with E-state index < -0.39 is 27.3 Å². The summed E-state index contributed by atoms with van der Waals surface area (Å²) in [5.41, 5.74) is -2.07. The SMILES string of the molecule is O=C(NC1(NC(=O)c2ccccc2[N+](=O)[O-])CCCCC1)c1ccccc1[N+](=O)[O-]. The standard InChI is InChI=1S/C20H20N4O6/c25-18(14-8-2-4-10-16(14)23(27)28)21-20(12-6-1-7-13-20)22-19(26)15-9-3-5-11-17(15)24(29)30/h2-5,8-11H,1,6-7,12-13H2,(H,21,25)(H,22,26). The number of benzene rings is 2. The molecule has 2 aromatic rings. The van der Waals surface area contributed by atoms with Crippen LogP contribution in [0.1, 0.15) is 52.8 Å². The summed E-state index contributed by atoms with van der Waals surface area (Å²) in [5, 5.41) is 28.0. The third-order valence-corrected chi connectivity index (χ3v) is 5.10. The fourth-order valence-corrected chi connectivity index (χ4v) is 3.66. The van der Waals surface area contributed by atoms with Crippen molar-refractivity contribution < 1.29 is 19.4 Å². The van der Waals surface area contributed by atoms with Crippen molar-refractivity contribution in [3.05, 3.63) is 79.9 Å². The largest absolute Gasteiger partial charge is 0.329 e. The summed E-state index contributed by atoms with van der Waals surface area (Å²) in [5.74, 6) is -1.38. The molecule has 10 nitrogen and oxygen atoms in total. The van der Waals surface area contributed by atoms with Crippen LogP contribution in [0, 0.1) is 20.2 Å². The first-order valence-corrected chi connectivity index (χ1v) is 9.45. The Morgan fingerprint density at radius 1 is 0.733 bits per heavy atom. The second kappa shape index (κ2) is 8.68. The number of nitro groups is 2. The van der Waals surface area contributed by atoms with Crippen LogP contribution in [0.15, 0.2) is 48.5 Å². The lowest BCUT2D eigenvalue weighted by Gasteiger charge is -2.38. The van der Waals surface area contributed by atoms with E-state index in [9.17, 15) is 29.8 Å². The van der Waals surface area contributed by atoms with Crippen LogP contribution in [-0.4, -0.2) is 27.3 Å². The third kappa shape index (κ3) is 4.43. The summed E-state index contributed by atoms with van der Waals surface area (Å²) in [6, 6.07) is 11.1. The van der Waals surface area contributed by atoms with Crippen LogP contribution in [0.5, 0.6) is 0 Å². The molecule has 30 heavy (non-hydrogen) atoms. The van der Waals surface area contributed by atoms with Gasteiger partial charge >= 0.3 is 0 Å². The van der Waals surface area contributed by atoms with Crippen LogP contribution in [0.2, 0.25) is 0 Å². The topological polar surface area (TPSA) is 144 Å². The van der Waals surface area contributed by atoms with Crippen molar-refractivity contribution in [1.29, 1.82) is 0 Å². The maximum Gasteiger partial charge on any atom is 0.282 e. The van der Waals surface area contributed by atoms with Crippen LogP contribution in [0.3, 0.4) is 0 Å². The average molecular weight is 412 g/mol. The van der Waals surface area contributed by atoms with Gasteiger partial charge in [0.1, 0.15) is 16.8 Å². The van der Waals surface area contributed by atoms with Gasteiger partial charge in [-0.3, -0.25) is 29.8 Å². The van der Waals surface area contributed by atoms with E-state index in [2.05, 4.69) is 10.6 Å². The predicted molar refractivity (Wildman–Crippen MR) is 107 cm³/mol. The minimum absolute atomic E-state index is 0.118. The summed E-state index contributed by atoms with van der Waals surface area (Å²) in [6.07, 6.45) is 3.16. The van der Waals surface area contributed by atoms with Crippen molar-refractivity contribution in [1.82, 2.24) is 10.6 Å². The number of carbonyl (C=O) groups excluding carboxylic acids is 2. The Bertz CT molecular complexity index is 927. The van der Waals surface area contributed by atoms with Gasteiger partial charge in [0.2, 0.25) is 0 Å². The van der Waals surface area contributed by atoms with Crippen molar-refractivity contribution in [2.75, 3.05) is 0 Å². The lowest BCUT2D eigenvalue weighted by Crippen LogP contribution is -2.61. The van der Waals surface area contributed by atoms with E-state index in [0.717, 1.165) is 6.42 Å². The molecule has 1 aliphatic rings.